The maximum atomic E-state index is 6.59. The van der Waals surface area contributed by atoms with E-state index < -0.39 is 0 Å². The van der Waals surface area contributed by atoms with Crippen molar-refractivity contribution in [3.63, 3.8) is 0 Å². The lowest BCUT2D eigenvalue weighted by atomic mass is 9.86. The van der Waals surface area contributed by atoms with Crippen LogP contribution in [0, 0.1) is 0 Å². The summed E-state index contributed by atoms with van der Waals surface area (Å²) in [6, 6.07) is 14.6. The molecule has 3 nitrogen and oxygen atoms in total. The van der Waals surface area contributed by atoms with Crippen molar-refractivity contribution in [2.45, 2.75) is 50.3 Å². The molecule has 2 aromatic rings. The number of hydrogen-bond donors (Lipinski definition) is 0. The van der Waals surface area contributed by atoms with Crippen LogP contribution in [0.15, 0.2) is 52.0 Å². The largest absolute Gasteiger partial charge is 0.466 e. The molecule has 1 saturated carbocycles. The second-order valence-corrected chi connectivity index (χ2v) is 8.76. The van der Waals surface area contributed by atoms with E-state index in [2.05, 4.69) is 45.2 Å². The molecule has 1 spiro atoms. The summed E-state index contributed by atoms with van der Waals surface area (Å²) in [4.78, 5) is 0. The molecule has 2 aliphatic heterocycles. The molecule has 1 atom stereocenters. The lowest BCUT2D eigenvalue weighted by Gasteiger charge is -2.49. The molecule has 1 fully saturated rings. The molecule has 5 heteroatoms. The van der Waals surface area contributed by atoms with Gasteiger partial charge in [-0.2, -0.15) is 5.10 Å². The van der Waals surface area contributed by atoms with Crippen LogP contribution in [0.5, 0.6) is 5.75 Å². The monoisotopic (exact) mass is 430 g/mol. The Hall–Kier alpha value is -1.52. The van der Waals surface area contributed by atoms with E-state index in [9.17, 15) is 0 Å². The Bertz CT molecular complexity index is 874. The first-order chi connectivity index (χ1) is 12.6. The van der Waals surface area contributed by atoms with E-state index in [4.69, 9.17) is 21.4 Å². The van der Waals surface area contributed by atoms with Crippen molar-refractivity contribution in [2.75, 3.05) is 0 Å². The second-order valence-electron chi connectivity index (χ2n) is 7.41. The molecular formula is C21H20BrClN2O. The van der Waals surface area contributed by atoms with E-state index >= 15 is 0 Å². The lowest BCUT2D eigenvalue weighted by molar-refractivity contribution is -0.140. The predicted molar refractivity (Wildman–Crippen MR) is 108 cm³/mol. The fourth-order valence-corrected chi connectivity index (χ4v) is 4.95. The first kappa shape index (κ1) is 16.6. The molecule has 26 heavy (non-hydrogen) atoms. The van der Waals surface area contributed by atoms with Gasteiger partial charge in [0.15, 0.2) is 5.72 Å². The van der Waals surface area contributed by atoms with Crippen LogP contribution in [-0.4, -0.2) is 16.4 Å². The van der Waals surface area contributed by atoms with Crippen molar-refractivity contribution < 1.29 is 4.74 Å². The van der Waals surface area contributed by atoms with Gasteiger partial charge in [0.1, 0.15) is 5.75 Å². The van der Waals surface area contributed by atoms with Crippen LogP contribution in [0.4, 0.5) is 0 Å². The van der Waals surface area contributed by atoms with Crippen LogP contribution in [0.25, 0.3) is 0 Å². The number of benzene rings is 2. The van der Waals surface area contributed by atoms with Crippen LogP contribution < -0.4 is 4.74 Å². The Morgan fingerprint density at radius 2 is 1.85 bits per heavy atom. The van der Waals surface area contributed by atoms with Gasteiger partial charge in [-0.05, 0) is 48.7 Å². The predicted octanol–water partition coefficient (Wildman–Crippen LogP) is 6.31. The molecule has 134 valence electrons. The van der Waals surface area contributed by atoms with Crippen molar-refractivity contribution in [3.8, 4) is 5.75 Å². The molecule has 2 heterocycles. The summed E-state index contributed by atoms with van der Waals surface area (Å²) in [6.45, 7) is 0. The third-order valence-electron chi connectivity index (χ3n) is 5.77. The Kier molecular flexibility index (Phi) is 4.02. The highest BCUT2D eigenvalue weighted by Crippen LogP contribution is 2.51. The van der Waals surface area contributed by atoms with E-state index in [-0.39, 0.29) is 11.8 Å². The number of nitrogens with zero attached hydrogens (tertiary/aromatic N) is 2. The Balaban J connectivity index is 1.60. The summed E-state index contributed by atoms with van der Waals surface area (Å²) >= 11 is 9.82. The highest BCUT2D eigenvalue weighted by atomic mass is 79.9. The van der Waals surface area contributed by atoms with Gasteiger partial charge in [0.05, 0.1) is 11.8 Å². The maximum Gasteiger partial charge on any atom is 0.198 e. The highest BCUT2D eigenvalue weighted by molar-refractivity contribution is 9.10. The first-order valence-corrected chi connectivity index (χ1v) is 10.4. The summed E-state index contributed by atoms with van der Waals surface area (Å²) < 4.78 is 7.67. The molecule has 1 aliphatic carbocycles. The average molecular weight is 432 g/mol. The van der Waals surface area contributed by atoms with E-state index in [1.54, 1.807) is 0 Å². The minimum absolute atomic E-state index is 0.203. The zero-order chi connectivity index (χ0) is 17.7. The van der Waals surface area contributed by atoms with Gasteiger partial charge in [-0.25, -0.2) is 5.01 Å². The molecule has 5 rings (SSSR count). The third kappa shape index (κ3) is 2.66. The normalized spacial score (nSPS) is 23.2. The molecular weight excluding hydrogens is 412 g/mol. The fraction of sp³-hybridized carbons (Fsp3) is 0.381. The molecule has 3 aliphatic rings. The molecule has 0 bridgehead atoms. The van der Waals surface area contributed by atoms with E-state index in [1.807, 2.05) is 18.2 Å². The highest BCUT2D eigenvalue weighted by Gasteiger charge is 2.50. The van der Waals surface area contributed by atoms with E-state index in [0.29, 0.717) is 0 Å². The van der Waals surface area contributed by atoms with Crippen LogP contribution in [0.3, 0.4) is 0 Å². The molecule has 0 aromatic heterocycles. The molecule has 0 radical (unpaired) electrons. The Morgan fingerprint density at radius 3 is 2.62 bits per heavy atom. The van der Waals surface area contributed by atoms with Gasteiger partial charge < -0.3 is 4.74 Å². The summed E-state index contributed by atoms with van der Waals surface area (Å²) in [5.74, 6) is 0.977. The van der Waals surface area contributed by atoms with Crippen LogP contribution in [-0.2, 0) is 0 Å². The molecule has 0 N–H and O–H groups in total. The van der Waals surface area contributed by atoms with Gasteiger partial charge in [0.25, 0.3) is 0 Å². The quantitative estimate of drug-likeness (QED) is 0.529. The van der Waals surface area contributed by atoms with Gasteiger partial charge in [-0.15, -0.1) is 0 Å². The number of rotatable bonds is 1. The number of halogens is 2. The van der Waals surface area contributed by atoms with Gasteiger partial charge >= 0.3 is 0 Å². The Morgan fingerprint density at radius 1 is 1.08 bits per heavy atom. The third-order valence-corrected chi connectivity index (χ3v) is 6.53. The molecule has 0 amide bonds. The smallest absolute Gasteiger partial charge is 0.198 e. The number of hydrazone groups is 1. The van der Waals surface area contributed by atoms with Crippen molar-refractivity contribution in [2.24, 2.45) is 5.10 Å². The number of hydrogen-bond acceptors (Lipinski definition) is 3. The maximum absolute atomic E-state index is 6.59. The SMILES string of the molecule is Clc1ccc2c(c1)C1CC(c3ccc(Br)cc3)=NN1C1(CCCCC1)O2. The zero-order valence-electron chi connectivity index (χ0n) is 14.4. The summed E-state index contributed by atoms with van der Waals surface area (Å²) in [7, 11) is 0. The van der Waals surface area contributed by atoms with E-state index in [0.717, 1.165) is 45.8 Å². The van der Waals surface area contributed by atoms with Gasteiger partial charge in [-0.1, -0.05) is 46.1 Å². The fourth-order valence-electron chi connectivity index (χ4n) is 4.50. The van der Waals surface area contributed by atoms with E-state index in [1.165, 1.54) is 24.8 Å². The van der Waals surface area contributed by atoms with Crippen molar-refractivity contribution in [1.82, 2.24) is 5.01 Å². The summed E-state index contributed by atoms with van der Waals surface area (Å²) in [5.41, 5.74) is 3.16. The van der Waals surface area contributed by atoms with Crippen LogP contribution in [0.2, 0.25) is 5.02 Å². The van der Waals surface area contributed by atoms with Crippen molar-refractivity contribution in [1.29, 1.82) is 0 Å². The van der Waals surface area contributed by atoms with Crippen LogP contribution >= 0.6 is 27.5 Å². The second kappa shape index (κ2) is 6.28. The van der Waals surface area contributed by atoms with Crippen molar-refractivity contribution in [3.05, 3.63) is 63.1 Å². The summed E-state index contributed by atoms with van der Waals surface area (Å²) in [6.07, 6.45) is 6.61. The minimum atomic E-state index is -0.305. The van der Waals surface area contributed by atoms with Gasteiger partial charge in [0.2, 0.25) is 0 Å². The standard InChI is InChI=1S/C21H20BrClN2O/c22-15-6-4-14(5-7-15)18-13-19-17-12-16(23)8-9-20(17)26-21(25(19)24-18)10-2-1-3-11-21/h4-9,12,19H,1-3,10-11,13H2. The summed E-state index contributed by atoms with van der Waals surface area (Å²) in [5, 5.41) is 8.09. The number of ether oxygens (including phenoxy) is 1. The van der Waals surface area contributed by atoms with Gasteiger partial charge in [0, 0.05) is 34.3 Å². The Labute approximate surface area is 167 Å². The minimum Gasteiger partial charge on any atom is -0.466 e. The molecule has 0 saturated heterocycles. The first-order valence-electron chi connectivity index (χ1n) is 9.26. The number of fused-ring (bicyclic) bond motifs is 4. The van der Waals surface area contributed by atoms with Crippen LogP contribution in [0.1, 0.15) is 55.7 Å². The van der Waals surface area contributed by atoms with Gasteiger partial charge in [-0.3, -0.25) is 0 Å². The average Bonchev–Trinajstić information content (AvgIpc) is 3.11. The van der Waals surface area contributed by atoms with Crippen molar-refractivity contribution >= 4 is 33.2 Å². The molecule has 2 aromatic carbocycles. The lowest BCUT2D eigenvalue weighted by Crippen LogP contribution is -2.54. The zero-order valence-corrected chi connectivity index (χ0v) is 16.8. The molecule has 1 unspecified atom stereocenters. The topological polar surface area (TPSA) is 24.8 Å².